The lowest BCUT2D eigenvalue weighted by Gasteiger charge is -2.38. The first-order valence-electron chi connectivity index (χ1n) is 10.6. The molecule has 27 heavy (non-hydrogen) atoms. The van der Waals surface area contributed by atoms with E-state index in [2.05, 4.69) is 6.92 Å². The summed E-state index contributed by atoms with van der Waals surface area (Å²) in [5, 5.41) is 0. The number of amides is 1. The molecule has 1 aromatic carbocycles. The predicted molar refractivity (Wildman–Crippen MR) is 105 cm³/mol. The summed E-state index contributed by atoms with van der Waals surface area (Å²) >= 11 is 0. The van der Waals surface area contributed by atoms with Gasteiger partial charge in [0.15, 0.2) is 0 Å². The van der Waals surface area contributed by atoms with Crippen LogP contribution < -0.4 is 0 Å². The van der Waals surface area contributed by atoms with Gasteiger partial charge in [-0.15, -0.1) is 0 Å². The first-order chi connectivity index (χ1) is 12.8. The Morgan fingerprint density at radius 3 is 2.70 bits per heavy atom. The van der Waals surface area contributed by atoms with Gasteiger partial charge in [-0.2, -0.15) is 0 Å². The van der Waals surface area contributed by atoms with Crippen LogP contribution in [0, 0.1) is 17.3 Å². The second-order valence-corrected chi connectivity index (χ2v) is 8.64. The van der Waals surface area contributed by atoms with Crippen LogP contribution in [0.1, 0.15) is 76.5 Å². The third-order valence-corrected chi connectivity index (χ3v) is 6.80. The average molecular weight is 378 g/mol. The average Bonchev–Trinajstić information content (AvgIpc) is 3.17. The molecule has 2 fully saturated rings. The second kappa shape index (κ2) is 7.52. The molecule has 0 bridgehead atoms. The summed E-state index contributed by atoms with van der Waals surface area (Å²) in [4.78, 5) is 15.4. The van der Waals surface area contributed by atoms with Crippen molar-refractivity contribution in [1.82, 2.24) is 4.90 Å². The van der Waals surface area contributed by atoms with Crippen molar-refractivity contribution in [2.75, 3.05) is 6.54 Å². The Labute approximate surface area is 162 Å². The summed E-state index contributed by atoms with van der Waals surface area (Å²) in [6.45, 7) is 8.40. The van der Waals surface area contributed by atoms with Gasteiger partial charge >= 0.3 is 0 Å². The lowest BCUT2D eigenvalue weighted by Crippen LogP contribution is -2.46. The minimum atomic E-state index is -2.84. The standard InChI is InChI=1S/C21H27F2NO.C2H6/c1-14-10-18-4-3-8-21(18,12-14)19(25)24-9-7-15-5-6-17(20(2,22)23)11-16(15)13-24;1-2/h5-6,11,14,18H,3-4,7-10,12-13H2,1-2H3;1-2H3/t14-,18-,21-;/m1./s1. The van der Waals surface area contributed by atoms with Crippen molar-refractivity contribution in [2.24, 2.45) is 17.3 Å². The van der Waals surface area contributed by atoms with E-state index in [1.165, 1.54) is 18.9 Å². The fourth-order valence-corrected chi connectivity index (χ4v) is 5.63. The number of halogens is 2. The Hall–Kier alpha value is -1.45. The molecule has 0 aromatic heterocycles. The Balaban J connectivity index is 0.00000102. The number of rotatable bonds is 2. The molecule has 1 heterocycles. The topological polar surface area (TPSA) is 20.3 Å². The van der Waals surface area contributed by atoms with E-state index in [0.29, 0.717) is 24.3 Å². The molecule has 0 N–H and O–H groups in total. The molecule has 1 amide bonds. The Kier molecular flexibility index (Phi) is 5.65. The molecule has 2 nitrogen and oxygen atoms in total. The molecule has 3 aliphatic rings. The van der Waals surface area contributed by atoms with E-state index in [0.717, 1.165) is 50.3 Å². The monoisotopic (exact) mass is 377 g/mol. The molecule has 0 unspecified atom stereocenters. The van der Waals surface area contributed by atoms with Gasteiger partial charge in [0.1, 0.15) is 0 Å². The number of fused-ring (bicyclic) bond motifs is 2. The highest BCUT2D eigenvalue weighted by atomic mass is 19.3. The van der Waals surface area contributed by atoms with Crippen LogP contribution in [0.15, 0.2) is 18.2 Å². The molecule has 4 heteroatoms. The summed E-state index contributed by atoms with van der Waals surface area (Å²) in [7, 11) is 0. The van der Waals surface area contributed by atoms with Gasteiger partial charge in [0, 0.05) is 25.6 Å². The van der Waals surface area contributed by atoms with E-state index in [9.17, 15) is 13.6 Å². The number of nitrogens with zero attached hydrogens (tertiary/aromatic N) is 1. The fourth-order valence-electron chi connectivity index (χ4n) is 5.63. The predicted octanol–water partition coefficient (Wildman–Crippen LogP) is 5.93. The molecule has 2 saturated carbocycles. The molecule has 4 rings (SSSR count). The van der Waals surface area contributed by atoms with Crippen LogP contribution in [0.3, 0.4) is 0 Å². The molecular weight excluding hydrogens is 344 g/mol. The van der Waals surface area contributed by atoms with Gasteiger partial charge in [-0.3, -0.25) is 4.79 Å². The van der Waals surface area contributed by atoms with Crippen LogP contribution in [0.25, 0.3) is 0 Å². The van der Waals surface area contributed by atoms with E-state index < -0.39 is 5.92 Å². The van der Waals surface area contributed by atoms with Gasteiger partial charge in [-0.05, 0) is 61.1 Å². The number of alkyl halides is 2. The maximum absolute atomic E-state index is 13.7. The number of hydrogen-bond acceptors (Lipinski definition) is 1. The number of benzene rings is 1. The zero-order valence-corrected chi connectivity index (χ0v) is 17.2. The van der Waals surface area contributed by atoms with Crippen molar-refractivity contribution in [3.8, 4) is 0 Å². The molecule has 1 aliphatic heterocycles. The summed E-state index contributed by atoms with van der Waals surface area (Å²) in [6, 6.07) is 4.95. The highest BCUT2D eigenvalue weighted by Gasteiger charge is 2.55. The van der Waals surface area contributed by atoms with Crippen molar-refractivity contribution in [2.45, 2.75) is 78.7 Å². The summed E-state index contributed by atoms with van der Waals surface area (Å²) in [5.41, 5.74) is 1.89. The first-order valence-corrected chi connectivity index (χ1v) is 10.6. The van der Waals surface area contributed by atoms with Crippen molar-refractivity contribution >= 4 is 5.91 Å². The fraction of sp³-hybridized carbons (Fsp3) is 0.696. The van der Waals surface area contributed by atoms with Crippen molar-refractivity contribution in [1.29, 1.82) is 0 Å². The maximum Gasteiger partial charge on any atom is 0.270 e. The number of carbonyl (C=O) groups excluding carboxylic acids is 1. The number of hydrogen-bond donors (Lipinski definition) is 0. The highest BCUT2D eigenvalue weighted by Crippen LogP contribution is 2.57. The van der Waals surface area contributed by atoms with Crippen LogP contribution in [-0.4, -0.2) is 17.4 Å². The molecule has 1 aromatic rings. The first kappa shape index (κ1) is 20.3. The third kappa shape index (κ3) is 3.64. The van der Waals surface area contributed by atoms with Gasteiger partial charge < -0.3 is 4.90 Å². The van der Waals surface area contributed by atoms with Crippen LogP contribution in [0.5, 0.6) is 0 Å². The normalized spacial score (nSPS) is 29.6. The molecular formula is C23H33F2NO. The van der Waals surface area contributed by atoms with Gasteiger partial charge in [-0.25, -0.2) is 8.78 Å². The maximum atomic E-state index is 13.7. The molecule has 0 spiro atoms. The van der Waals surface area contributed by atoms with Crippen LogP contribution >= 0.6 is 0 Å². The largest absolute Gasteiger partial charge is 0.338 e. The molecule has 0 saturated heterocycles. The van der Waals surface area contributed by atoms with Gasteiger partial charge in [-0.1, -0.05) is 39.3 Å². The molecule has 2 aliphatic carbocycles. The molecule has 150 valence electrons. The smallest absolute Gasteiger partial charge is 0.270 e. The zero-order valence-electron chi connectivity index (χ0n) is 17.2. The van der Waals surface area contributed by atoms with Crippen molar-refractivity contribution in [3.05, 3.63) is 34.9 Å². The van der Waals surface area contributed by atoms with Crippen LogP contribution in [0.4, 0.5) is 8.78 Å². The minimum Gasteiger partial charge on any atom is -0.338 e. The lowest BCUT2D eigenvalue weighted by atomic mass is 9.78. The quantitative estimate of drug-likeness (QED) is 0.626. The summed E-state index contributed by atoms with van der Waals surface area (Å²) < 4.78 is 27.3. The highest BCUT2D eigenvalue weighted by molar-refractivity contribution is 5.84. The van der Waals surface area contributed by atoms with E-state index in [1.807, 2.05) is 24.8 Å². The molecule has 0 radical (unpaired) electrons. The Morgan fingerprint density at radius 2 is 2.00 bits per heavy atom. The minimum absolute atomic E-state index is 0.0481. The van der Waals surface area contributed by atoms with E-state index in [4.69, 9.17) is 0 Å². The third-order valence-electron chi connectivity index (χ3n) is 6.80. The van der Waals surface area contributed by atoms with Crippen molar-refractivity contribution in [3.63, 3.8) is 0 Å². The van der Waals surface area contributed by atoms with Gasteiger partial charge in [0.05, 0.1) is 5.41 Å². The van der Waals surface area contributed by atoms with E-state index >= 15 is 0 Å². The SMILES string of the molecule is CC.C[C@@H]1C[C@H]2CCC[C@@]2(C(=O)N2CCc3ccc(C(C)(F)F)cc3C2)C1. The Bertz CT molecular complexity index is 696. The Morgan fingerprint density at radius 1 is 1.26 bits per heavy atom. The van der Waals surface area contributed by atoms with Crippen LogP contribution in [0.2, 0.25) is 0 Å². The molecule has 3 atom stereocenters. The van der Waals surface area contributed by atoms with E-state index in [-0.39, 0.29) is 11.0 Å². The zero-order chi connectivity index (χ0) is 19.8. The second-order valence-electron chi connectivity index (χ2n) is 8.64. The van der Waals surface area contributed by atoms with Crippen molar-refractivity contribution < 1.29 is 13.6 Å². The number of carbonyl (C=O) groups is 1. The van der Waals surface area contributed by atoms with Gasteiger partial charge in [0.2, 0.25) is 5.91 Å². The van der Waals surface area contributed by atoms with E-state index in [1.54, 1.807) is 6.07 Å². The van der Waals surface area contributed by atoms with Crippen LogP contribution in [-0.2, 0) is 23.7 Å². The lowest BCUT2D eigenvalue weighted by molar-refractivity contribution is -0.144. The van der Waals surface area contributed by atoms with Gasteiger partial charge in [0.25, 0.3) is 5.92 Å². The summed E-state index contributed by atoms with van der Waals surface area (Å²) in [5.74, 6) is -1.39. The summed E-state index contributed by atoms with van der Waals surface area (Å²) in [6.07, 6.45) is 6.28.